The molecule has 2 saturated carbocycles. The molecule has 2 nitrogen and oxygen atoms in total. The smallest absolute Gasteiger partial charge is 0.0695 e. The zero-order valence-electron chi connectivity index (χ0n) is 11.7. The number of aliphatic hydroxyl groups is 1. The molecule has 0 radical (unpaired) electrons. The summed E-state index contributed by atoms with van der Waals surface area (Å²) < 4.78 is 0. The molecule has 3 aliphatic rings. The number of aliphatic hydroxyl groups excluding tert-OH is 1. The second-order valence-corrected chi connectivity index (χ2v) is 6.86. The number of β-amino-alcohol motifs (C(OH)–C–C–N with tert-alkyl or cyclic N) is 1. The standard InChI is InChI=1S/C16H29NO/c18-16(14-8-3-4-9-14)12-17-11-5-10-15(17)13-6-1-2-7-13/h13-16,18H,1-12H2. The lowest BCUT2D eigenvalue weighted by Gasteiger charge is -2.32. The van der Waals surface area contributed by atoms with Crippen LogP contribution in [0.2, 0.25) is 0 Å². The van der Waals surface area contributed by atoms with Crippen molar-refractivity contribution in [3.63, 3.8) is 0 Å². The first kappa shape index (κ1) is 12.9. The minimum Gasteiger partial charge on any atom is -0.392 e. The quantitative estimate of drug-likeness (QED) is 0.829. The van der Waals surface area contributed by atoms with Gasteiger partial charge in [-0.1, -0.05) is 25.7 Å². The van der Waals surface area contributed by atoms with Crippen LogP contribution in [0.15, 0.2) is 0 Å². The number of likely N-dealkylation sites (tertiary alicyclic amines) is 1. The molecule has 0 aromatic heterocycles. The zero-order valence-corrected chi connectivity index (χ0v) is 11.7. The Morgan fingerprint density at radius 2 is 1.56 bits per heavy atom. The molecule has 1 aliphatic heterocycles. The van der Waals surface area contributed by atoms with Crippen LogP contribution in [0, 0.1) is 11.8 Å². The second-order valence-electron chi connectivity index (χ2n) is 6.86. The Labute approximate surface area is 112 Å². The van der Waals surface area contributed by atoms with Gasteiger partial charge in [0.05, 0.1) is 6.10 Å². The summed E-state index contributed by atoms with van der Waals surface area (Å²) in [7, 11) is 0. The summed E-state index contributed by atoms with van der Waals surface area (Å²) in [4.78, 5) is 2.64. The molecule has 0 bridgehead atoms. The van der Waals surface area contributed by atoms with Crippen LogP contribution in [0.5, 0.6) is 0 Å². The van der Waals surface area contributed by atoms with Crippen molar-refractivity contribution >= 4 is 0 Å². The van der Waals surface area contributed by atoms with E-state index in [-0.39, 0.29) is 6.10 Å². The highest BCUT2D eigenvalue weighted by Crippen LogP contribution is 2.36. The zero-order chi connectivity index (χ0) is 12.4. The van der Waals surface area contributed by atoms with Gasteiger partial charge in [0.1, 0.15) is 0 Å². The second kappa shape index (κ2) is 5.92. The fourth-order valence-electron chi connectivity index (χ4n) is 4.69. The van der Waals surface area contributed by atoms with E-state index in [9.17, 15) is 5.11 Å². The van der Waals surface area contributed by atoms with Crippen molar-refractivity contribution < 1.29 is 5.11 Å². The topological polar surface area (TPSA) is 23.5 Å². The van der Waals surface area contributed by atoms with E-state index in [1.807, 2.05) is 0 Å². The lowest BCUT2D eigenvalue weighted by atomic mass is 9.94. The SMILES string of the molecule is OC(CN1CCCC1C1CCCC1)C1CCCC1. The largest absolute Gasteiger partial charge is 0.392 e. The third-order valence-electron chi connectivity index (χ3n) is 5.72. The Kier molecular flexibility index (Phi) is 4.25. The molecule has 0 amide bonds. The first-order chi connectivity index (χ1) is 8.84. The van der Waals surface area contributed by atoms with Crippen molar-refractivity contribution in [2.45, 2.75) is 76.4 Å². The van der Waals surface area contributed by atoms with Gasteiger partial charge in [-0.05, 0) is 56.9 Å². The molecule has 1 saturated heterocycles. The predicted octanol–water partition coefficient (Wildman–Crippen LogP) is 3.19. The van der Waals surface area contributed by atoms with Crippen LogP contribution in [-0.2, 0) is 0 Å². The Morgan fingerprint density at radius 1 is 0.889 bits per heavy atom. The normalized spacial score (nSPS) is 33.5. The van der Waals surface area contributed by atoms with Crippen LogP contribution in [0.4, 0.5) is 0 Å². The average molecular weight is 251 g/mol. The van der Waals surface area contributed by atoms with Crippen LogP contribution < -0.4 is 0 Å². The van der Waals surface area contributed by atoms with Crippen molar-refractivity contribution in [3.8, 4) is 0 Å². The van der Waals surface area contributed by atoms with Crippen molar-refractivity contribution in [2.75, 3.05) is 13.1 Å². The van der Waals surface area contributed by atoms with Gasteiger partial charge in [0.15, 0.2) is 0 Å². The van der Waals surface area contributed by atoms with Crippen LogP contribution in [0.1, 0.15) is 64.2 Å². The van der Waals surface area contributed by atoms with Gasteiger partial charge < -0.3 is 5.11 Å². The molecule has 2 heteroatoms. The van der Waals surface area contributed by atoms with Gasteiger partial charge in [0.2, 0.25) is 0 Å². The Balaban J connectivity index is 1.53. The van der Waals surface area contributed by atoms with Crippen LogP contribution >= 0.6 is 0 Å². The van der Waals surface area contributed by atoms with E-state index in [1.54, 1.807) is 0 Å². The maximum Gasteiger partial charge on any atom is 0.0695 e. The first-order valence-corrected chi connectivity index (χ1v) is 8.27. The van der Waals surface area contributed by atoms with Crippen molar-refractivity contribution in [3.05, 3.63) is 0 Å². The summed E-state index contributed by atoms with van der Waals surface area (Å²) in [5.74, 6) is 1.55. The molecule has 0 spiro atoms. The molecule has 2 unspecified atom stereocenters. The van der Waals surface area contributed by atoms with Gasteiger partial charge in [-0.15, -0.1) is 0 Å². The molecule has 2 atom stereocenters. The molecule has 2 aliphatic carbocycles. The van der Waals surface area contributed by atoms with Gasteiger partial charge in [-0.3, -0.25) is 4.90 Å². The van der Waals surface area contributed by atoms with E-state index < -0.39 is 0 Å². The van der Waals surface area contributed by atoms with Gasteiger partial charge >= 0.3 is 0 Å². The molecule has 1 N–H and O–H groups in total. The van der Waals surface area contributed by atoms with E-state index in [0.29, 0.717) is 5.92 Å². The van der Waals surface area contributed by atoms with Crippen molar-refractivity contribution in [2.24, 2.45) is 11.8 Å². The fourth-order valence-corrected chi connectivity index (χ4v) is 4.69. The molecule has 104 valence electrons. The van der Waals surface area contributed by atoms with Gasteiger partial charge in [-0.2, -0.15) is 0 Å². The van der Waals surface area contributed by atoms with Crippen LogP contribution in [-0.4, -0.2) is 35.2 Å². The Bertz CT molecular complexity index is 256. The maximum absolute atomic E-state index is 10.4. The third-order valence-corrected chi connectivity index (χ3v) is 5.72. The Hall–Kier alpha value is -0.0800. The van der Waals surface area contributed by atoms with E-state index in [1.165, 1.54) is 70.8 Å². The minimum absolute atomic E-state index is 0.0468. The third kappa shape index (κ3) is 2.75. The lowest BCUT2D eigenvalue weighted by Crippen LogP contribution is -2.41. The molecule has 18 heavy (non-hydrogen) atoms. The Morgan fingerprint density at radius 3 is 2.28 bits per heavy atom. The molecule has 3 fully saturated rings. The molecular formula is C16H29NO. The summed E-state index contributed by atoms with van der Waals surface area (Å²) in [6.45, 7) is 2.21. The summed E-state index contributed by atoms with van der Waals surface area (Å²) in [6.07, 6.45) is 13.7. The number of rotatable bonds is 4. The summed E-state index contributed by atoms with van der Waals surface area (Å²) >= 11 is 0. The monoisotopic (exact) mass is 251 g/mol. The minimum atomic E-state index is -0.0468. The van der Waals surface area contributed by atoms with Gasteiger partial charge in [0, 0.05) is 12.6 Å². The number of nitrogens with zero attached hydrogens (tertiary/aromatic N) is 1. The van der Waals surface area contributed by atoms with Crippen molar-refractivity contribution in [1.29, 1.82) is 0 Å². The molecule has 0 aromatic rings. The molecule has 1 heterocycles. The van der Waals surface area contributed by atoms with Crippen molar-refractivity contribution in [1.82, 2.24) is 4.90 Å². The highest BCUT2D eigenvalue weighted by Gasteiger charge is 2.35. The van der Waals surface area contributed by atoms with Gasteiger partial charge in [0.25, 0.3) is 0 Å². The first-order valence-electron chi connectivity index (χ1n) is 8.27. The molecule has 0 aromatic carbocycles. The fraction of sp³-hybridized carbons (Fsp3) is 1.00. The lowest BCUT2D eigenvalue weighted by molar-refractivity contribution is 0.0511. The van der Waals surface area contributed by atoms with E-state index in [4.69, 9.17) is 0 Å². The number of hydrogen-bond acceptors (Lipinski definition) is 2. The van der Waals surface area contributed by atoms with Crippen LogP contribution in [0.25, 0.3) is 0 Å². The summed E-state index contributed by atoms with van der Waals surface area (Å²) in [6, 6.07) is 0.809. The van der Waals surface area contributed by atoms with Crippen LogP contribution in [0.3, 0.4) is 0 Å². The average Bonchev–Trinajstić information content (AvgIpc) is 3.11. The van der Waals surface area contributed by atoms with E-state index in [0.717, 1.165) is 18.5 Å². The predicted molar refractivity (Wildman–Crippen MR) is 74.5 cm³/mol. The van der Waals surface area contributed by atoms with Gasteiger partial charge in [-0.25, -0.2) is 0 Å². The summed E-state index contributed by atoms with van der Waals surface area (Å²) in [5.41, 5.74) is 0. The molecular weight excluding hydrogens is 222 g/mol. The highest BCUT2D eigenvalue weighted by atomic mass is 16.3. The van der Waals surface area contributed by atoms with E-state index in [2.05, 4.69) is 4.90 Å². The highest BCUT2D eigenvalue weighted by molar-refractivity contribution is 4.89. The maximum atomic E-state index is 10.4. The number of hydrogen-bond donors (Lipinski definition) is 1. The summed E-state index contributed by atoms with van der Waals surface area (Å²) in [5, 5.41) is 10.4. The molecule has 3 rings (SSSR count). The van der Waals surface area contributed by atoms with E-state index >= 15 is 0 Å².